The van der Waals surface area contributed by atoms with Crippen molar-refractivity contribution in [1.82, 2.24) is 0 Å². The highest BCUT2D eigenvalue weighted by atomic mass is 16.5. The van der Waals surface area contributed by atoms with Crippen LogP contribution in [0.15, 0.2) is 0 Å². The number of hydrogen-bond donors (Lipinski definition) is 0. The van der Waals surface area contributed by atoms with Crippen molar-refractivity contribution >= 4 is 5.78 Å². The maximum Gasteiger partial charge on any atom is 0.135 e. The summed E-state index contributed by atoms with van der Waals surface area (Å²) in [5.74, 6) is 0.400. The van der Waals surface area contributed by atoms with E-state index in [0.717, 1.165) is 13.0 Å². The first-order chi connectivity index (χ1) is 5.43. The Kier molecular flexibility index (Phi) is 2.57. The Hall–Kier alpha value is -0.370. The van der Waals surface area contributed by atoms with Crippen molar-refractivity contribution in [3.05, 3.63) is 0 Å². The molecule has 2 heteroatoms. The molecule has 0 aromatic heterocycles. The summed E-state index contributed by atoms with van der Waals surface area (Å²) < 4.78 is 5.57. The Balaban J connectivity index is 2.71. The average molecular weight is 170 g/mol. The number of ketones is 1. The number of Topliss-reactive ketones (excluding diaryl/α,β-unsaturated/α-hetero) is 1. The van der Waals surface area contributed by atoms with E-state index in [1.54, 1.807) is 6.92 Å². The summed E-state index contributed by atoms with van der Waals surface area (Å²) in [6.07, 6.45) is 1.02. The maximum absolute atomic E-state index is 11.2. The highest BCUT2D eigenvalue weighted by molar-refractivity contribution is 5.79. The molecule has 2 nitrogen and oxygen atoms in total. The molecule has 70 valence electrons. The molecule has 1 rings (SSSR count). The van der Waals surface area contributed by atoms with Gasteiger partial charge in [-0.25, -0.2) is 0 Å². The fourth-order valence-corrected chi connectivity index (χ4v) is 1.86. The molecule has 1 fully saturated rings. The predicted molar refractivity (Wildman–Crippen MR) is 48.0 cm³/mol. The zero-order valence-corrected chi connectivity index (χ0v) is 8.39. The second-order valence-electron chi connectivity index (χ2n) is 4.66. The third-order valence-corrected chi connectivity index (χ3v) is 2.47. The summed E-state index contributed by atoms with van der Waals surface area (Å²) in [4.78, 5) is 11.2. The van der Waals surface area contributed by atoms with E-state index in [1.165, 1.54) is 0 Å². The third kappa shape index (κ3) is 1.86. The standard InChI is InChI=1S/C10H18O2/c1-7(11)8-5-6-12-9(8)10(2,3)4/h8-9H,5-6H2,1-4H3/t8-,9+/m0/s1. The molecule has 0 bridgehead atoms. The van der Waals surface area contributed by atoms with Crippen molar-refractivity contribution in [3.63, 3.8) is 0 Å². The lowest BCUT2D eigenvalue weighted by Gasteiger charge is -2.29. The molecular weight excluding hydrogens is 152 g/mol. The molecule has 0 aromatic carbocycles. The molecule has 1 saturated heterocycles. The van der Waals surface area contributed by atoms with Crippen molar-refractivity contribution in [2.45, 2.75) is 40.2 Å². The lowest BCUT2D eigenvalue weighted by molar-refractivity contribution is -0.124. The van der Waals surface area contributed by atoms with Gasteiger partial charge in [0, 0.05) is 12.5 Å². The van der Waals surface area contributed by atoms with Crippen LogP contribution in [0.1, 0.15) is 34.1 Å². The maximum atomic E-state index is 11.2. The molecule has 0 unspecified atom stereocenters. The van der Waals surface area contributed by atoms with E-state index in [9.17, 15) is 4.79 Å². The fourth-order valence-electron chi connectivity index (χ4n) is 1.86. The number of hydrogen-bond acceptors (Lipinski definition) is 2. The van der Waals surface area contributed by atoms with Gasteiger partial charge in [-0.15, -0.1) is 0 Å². The zero-order valence-electron chi connectivity index (χ0n) is 8.39. The summed E-state index contributed by atoms with van der Waals surface area (Å²) in [6, 6.07) is 0. The van der Waals surface area contributed by atoms with E-state index in [4.69, 9.17) is 4.74 Å². The van der Waals surface area contributed by atoms with Crippen molar-refractivity contribution in [3.8, 4) is 0 Å². The van der Waals surface area contributed by atoms with E-state index < -0.39 is 0 Å². The van der Waals surface area contributed by atoms with Crippen LogP contribution in [0.4, 0.5) is 0 Å². The fraction of sp³-hybridized carbons (Fsp3) is 0.900. The topological polar surface area (TPSA) is 26.3 Å². The van der Waals surface area contributed by atoms with Gasteiger partial charge in [0.1, 0.15) is 5.78 Å². The molecular formula is C10H18O2. The Bertz CT molecular complexity index is 179. The van der Waals surface area contributed by atoms with Crippen LogP contribution < -0.4 is 0 Å². The molecule has 1 heterocycles. The van der Waals surface area contributed by atoms with Crippen LogP contribution in [0, 0.1) is 11.3 Å². The highest BCUT2D eigenvalue weighted by Gasteiger charge is 2.39. The first-order valence-corrected chi connectivity index (χ1v) is 4.55. The Morgan fingerprint density at radius 1 is 1.42 bits per heavy atom. The molecule has 0 aliphatic carbocycles. The van der Waals surface area contributed by atoms with Gasteiger partial charge in [0.05, 0.1) is 6.10 Å². The van der Waals surface area contributed by atoms with Gasteiger partial charge in [-0.05, 0) is 18.8 Å². The van der Waals surface area contributed by atoms with Crippen LogP contribution in [0.5, 0.6) is 0 Å². The van der Waals surface area contributed by atoms with Crippen molar-refractivity contribution in [2.24, 2.45) is 11.3 Å². The van der Waals surface area contributed by atoms with E-state index in [1.807, 2.05) is 0 Å². The van der Waals surface area contributed by atoms with Crippen LogP contribution in [0.3, 0.4) is 0 Å². The largest absolute Gasteiger partial charge is 0.377 e. The van der Waals surface area contributed by atoms with Gasteiger partial charge in [0.2, 0.25) is 0 Å². The lowest BCUT2D eigenvalue weighted by Crippen LogP contribution is -2.34. The van der Waals surface area contributed by atoms with Gasteiger partial charge in [0.15, 0.2) is 0 Å². The summed E-state index contributed by atoms with van der Waals surface area (Å²) in [6.45, 7) is 8.78. The van der Waals surface area contributed by atoms with Crippen LogP contribution in [-0.4, -0.2) is 18.5 Å². The van der Waals surface area contributed by atoms with Gasteiger partial charge in [-0.1, -0.05) is 20.8 Å². The quantitative estimate of drug-likeness (QED) is 0.602. The van der Waals surface area contributed by atoms with Crippen LogP contribution >= 0.6 is 0 Å². The molecule has 0 amide bonds. The predicted octanol–water partition coefficient (Wildman–Crippen LogP) is 2.03. The third-order valence-electron chi connectivity index (χ3n) is 2.47. The van der Waals surface area contributed by atoms with E-state index in [0.29, 0.717) is 0 Å². The van der Waals surface area contributed by atoms with Crippen molar-refractivity contribution < 1.29 is 9.53 Å². The summed E-state index contributed by atoms with van der Waals surface area (Å²) in [5, 5.41) is 0. The molecule has 0 N–H and O–H groups in total. The first kappa shape index (κ1) is 9.72. The minimum Gasteiger partial charge on any atom is -0.377 e. The molecule has 0 saturated carbocycles. The van der Waals surface area contributed by atoms with Gasteiger partial charge < -0.3 is 4.74 Å². The molecule has 1 aliphatic rings. The van der Waals surface area contributed by atoms with Crippen molar-refractivity contribution in [2.75, 3.05) is 6.61 Å². The van der Waals surface area contributed by atoms with Gasteiger partial charge in [-0.3, -0.25) is 4.79 Å². The number of rotatable bonds is 1. The zero-order chi connectivity index (χ0) is 9.35. The van der Waals surface area contributed by atoms with Crippen LogP contribution in [0.25, 0.3) is 0 Å². The highest BCUT2D eigenvalue weighted by Crippen LogP contribution is 2.34. The monoisotopic (exact) mass is 170 g/mol. The second-order valence-corrected chi connectivity index (χ2v) is 4.66. The van der Waals surface area contributed by atoms with Crippen molar-refractivity contribution in [1.29, 1.82) is 0 Å². The minimum absolute atomic E-state index is 0.0901. The van der Waals surface area contributed by atoms with E-state index in [-0.39, 0.29) is 23.2 Å². The number of carbonyl (C=O) groups is 1. The molecule has 0 radical (unpaired) electrons. The van der Waals surface area contributed by atoms with E-state index >= 15 is 0 Å². The Morgan fingerprint density at radius 3 is 2.33 bits per heavy atom. The minimum atomic E-state index is 0.0901. The van der Waals surface area contributed by atoms with Crippen LogP contribution in [0.2, 0.25) is 0 Å². The van der Waals surface area contributed by atoms with Crippen LogP contribution in [-0.2, 0) is 9.53 Å². The Labute approximate surface area is 74.3 Å². The average Bonchev–Trinajstić information content (AvgIpc) is 2.30. The molecule has 1 aliphatic heterocycles. The first-order valence-electron chi connectivity index (χ1n) is 4.55. The number of ether oxygens (including phenoxy) is 1. The van der Waals surface area contributed by atoms with Gasteiger partial charge >= 0.3 is 0 Å². The van der Waals surface area contributed by atoms with Gasteiger partial charge in [-0.2, -0.15) is 0 Å². The lowest BCUT2D eigenvalue weighted by atomic mass is 9.80. The number of carbonyl (C=O) groups excluding carboxylic acids is 1. The normalized spacial score (nSPS) is 30.7. The summed E-state index contributed by atoms with van der Waals surface area (Å²) in [7, 11) is 0. The van der Waals surface area contributed by atoms with Gasteiger partial charge in [0.25, 0.3) is 0 Å². The molecule has 0 spiro atoms. The molecule has 12 heavy (non-hydrogen) atoms. The molecule has 0 aromatic rings. The molecule has 2 atom stereocenters. The summed E-state index contributed by atoms with van der Waals surface area (Å²) >= 11 is 0. The SMILES string of the molecule is CC(=O)[C@@H]1CCO[C@H]1C(C)(C)C. The van der Waals surface area contributed by atoms with E-state index in [2.05, 4.69) is 20.8 Å². The Morgan fingerprint density at radius 2 is 2.00 bits per heavy atom. The second kappa shape index (κ2) is 3.17. The smallest absolute Gasteiger partial charge is 0.135 e. The summed E-state index contributed by atoms with van der Waals surface area (Å²) in [5.41, 5.74) is 0.0901.